The Hall–Kier alpha value is -1.19. The summed E-state index contributed by atoms with van der Waals surface area (Å²) < 4.78 is 5.27. The molecule has 1 heterocycles. The summed E-state index contributed by atoms with van der Waals surface area (Å²) in [6.45, 7) is 8.92. The molecule has 14 heavy (non-hydrogen) atoms. The third-order valence-electron chi connectivity index (χ3n) is 1.83. The molecule has 1 amide bonds. The van der Waals surface area contributed by atoms with Gasteiger partial charge in [-0.1, -0.05) is 0 Å². The van der Waals surface area contributed by atoms with Gasteiger partial charge in [0.1, 0.15) is 5.60 Å². The largest absolute Gasteiger partial charge is 0.443 e. The van der Waals surface area contributed by atoms with E-state index in [1.54, 1.807) is 4.90 Å². The molecule has 0 saturated heterocycles. The van der Waals surface area contributed by atoms with Crippen LogP contribution in [0.4, 0.5) is 4.79 Å². The highest BCUT2D eigenvalue weighted by atomic mass is 16.6. The Balaban J connectivity index is 2.60. The molecule has 0 spiro atoms. The second-order valence-corrected chi connectivity index (χ2v) is 4.37. The van der Waals surface area contributed by atoms with Crippen LogP contribution in [0.15, 0.2) is 11.9 Å². The fraction of sp³-hybridized carbons (Fsp3) is 0.700. The van der Waals surface area contributed by atoms with Gasteiger partial charge in [-0.15, -0.1) is 0 Å². The smallest absolute Gasteiger partial charge is 0.414 e. The van der Waals surface area contributed by atoms with Crippen LogP contribution in [0, 0.1) is 0 Å². The van der Waals surface area contributed by atoms with Crippen LogP contribution < -0.4 is 5.32 Å². The second kappa shape index (κ2) is 3.90. The number of nitrogens with one attached hydrogen (secondary N) is 1. The molecule has 80 valence electrons. The van der Waals surface area contributed by atoms with E-state index in [1.807, 2.05) is 33.9 Å². The summed E-state index contributed by atoms with van der Waals surface area (Å²) in [7, 11) is 0. The molecule has 4 heteroatoms. The first-order valence-electron chi connectivity index (χ1n) is 4.81. The Kier molecular flexibility index (Phi) is 3.03. The summed E-state index contributed by atoms with van der Waals surface area (Å²) in [6, 6.07) is 0. The summed E-state index contributed by atoms with van der Waals surface area (Å²) >= 11 is 0. The van der Waals surface area contributed by atoms with Gasteiger partial charge in [0.2, 0.25) is 0 Å². The van der Waals surface area contributed by atoms with Gasteiger partial charge in [-0.2, -0.15) is 0 Å². The first-order valence-corrected chi connectivity index (χ1v) is 4.81. The van der Waals surface area contributed by atoms with E-state index in [-0.39, 0.29) is 6.09 Å². The molecule has 0 fully saturated rings. The zero-order chi connectivity index (χ0) is 10.8. The number of rotatable bonds is 0. The minimum atomic E-state index is -0.428. The van der Waals surface area contributed by atoms with Gasteiger partial charge in [-0.3, -0.25) is 4.90 Å². The van der Waals surface area contributed by atoms with Gasteiger partial charge in [0.25, 0.3) is 0 Å². The average Bonchev–Trinajstić information content (AvgIpc) is 2.01. The Labute approximate surface area is 84.9 Å². The molecular weight excluding hydrogens is 180 g/mol. The number of nitrogens with zero attached hydrogens (tertiary/aromatic N) is 1. The van der Waals surface area contributed by atoms with Crippen LogP contribution in [-0.4, -0.2) is 29.7 Å². The van der Waals surface area contributed by atoms with Gasteiger partial charge < -0.3 is 10.1 Å². The predicted molar refractivity (Wildman–Crippen MR) is 54.7 cm³/mol. The predicted octanol–water partition coefficient (Wildman–Crippen LogP) is 1.69. The van der Waals surface area contributed by atoms with E-state index in [4.69, 9.17) is 4.74 Å². The van der Waals surface area contributed by atoms with Gasteiger partial charge in [0, 0.05) is 25.0 Å². The highest BCUT2D eigenvalue weighted by Gasteiger charge is 2.23. The third-order valence-corrected chi connectivity index (χ3v) is 1.83. The normalized spacial score (nSPS) is 17.1. The zero-order valence-corrected chi connectivity index (χ0v) is 9.26. The van der Waals surface area contributed by atoms with Crippen LogP contribution in [-0.2, 0) is 4.74 Å². The summed E-state index contributed by atoms with van der Waals surface area (Å²) in [5, 5.41) is 3.07. The van der Waals surface area contributed by atoms with Crippen molar-refractivity contribution < 1.29 is 9.53 Å². The van der Waals surface area contributed by atoms with Gasteiger partial charge in [-0.05, 0) is 27.7 Å². The van der Waals surface area contributed by atoms with Crippen LogP contribution in [0.2, 0.25) is 0 Å². The van der Waals surface area contributed by atoms with Crippen molar-refractivity contribution in [2.45, 2.75) is 33.3 Å². The van der Waals surface area contributed by atoms with Crippen molar-refractivity contribution in [3.8, 4) is 0 Å². The van der Waals surface area contributed by atoms with Crippen molar-refractivity contribution in [3.63, 3.8) is 0 Å². The SMILES string of the molecule is CC1=CNCCN1C(=O)OC(C)(C)C. The minimum absolute atomic E-state index is 0.271. The van der Waals surface area contributed by atoms with Crippen molar-refractivity contribution in [2.24, 2.45) is 0 Å². The number of carbonyl (C=O) groups is 1. The molecule has 0 aliphatic carbocycles. The first kappa shape index (κ1) is 10.9. The zero-order valence-electron chi connectivity index (χ0n) is 9.26. The molecule has 1 rings (SSSR count). The molecule has 0 radical (unpaired) electrons. The van der Waals surface area contributed by atoms with Gasteiger partial charge in [-0.25, -0.2) is 4.79 Å². The second-order valence-electron chi connectivity index (χ2n) is 4.37. The standard InChI is InChI=1S/C10H18N2O2/c1-8-7-11-5-6-12(8)9(13)14-10(2,3)4/h7,11H,5-6H2,1-4H3. The lowest BCUT2D eigenvalue weighted by Gasteiger charge is -2.30. The van der Waals surface area contributed by atoms with E-state index in [2.05, 4.69) is 5.32 Å². The number of hydrogen-bond donors (Lipinski definition) is 1. The van der Waals surface area contributed by atoms with Gasteiger partial charge in [0.15, 0.2) is 0 Å². The molecule has 0 unspecified atom stereocenters. The molecule has 0 aromatic carbocycles. The molecule has 1 aliphatic heterocycles. The van der Waals surface area contributed by atoms with Crippen LogP contribution in [0.1, 0.15) is 27.7 Å². The molecular formula is C10H18N2O2. The maximum atomic E-state index is 11.7. The number of carbonyl (C=O) groups excluding carboxylic acids is 1. The lowest BCUT2D eigenvalue weighted by atomic mass is 10.2. The summed E-state index contributed by atoms with van der Waals surface area (Å²) in [5.41, 5.74) is 0.466. The maximum Gasteiger partial charge on any atom is 0.414 e. The molecule has 1 N–H and O–H groups in total. The average molecular weight is 198 g/mol. The Morgan fingerprint density at radius 2 is 2.21 bits per heavy atom. The van der Waals surface area contributed by atoms with Crippen LogP contribution in [0.3, 0.4) is 0 Å². The van der Waals surface area contributed by atoms with Gasteiger partial charge >= 0.3 is 6.09 Å². The number of ether oxygens (including phenoxy) is 1. The van der Waals surface area contributed by atoms with E-state index < -0.39 is 5.60 Å². The summed E-state index contributed by atoms with van der Waals surface area (Å²) in [4.78, 5) is 13.3. The van der Waals surface area contributed by atoms with Crippen LogP contribution in [0.5, 0.6) is 0 Å². The molecule has 1 aliphatic rings. The topological polar surface area (TPSA) is 41.6 Å². The molecule has 4 nitrogen and oxygen atoms in total. The van der Waals surface area contributed by atoms with E-state index >= 15 is 0 Å². The Morgan fingerprint density at radius 1 is 1.57 bits per heavy atom. The van der Waals surface area contributed by atoms with Gasteiger partial charge in [0.05, 0.1) is 0 Å². The number of amides is 1. The third kappa shape index (κ3) is 2.94. The molecule has 0 aromatic rings. The highest BCUT2D eigenvalue weighted by Crippen LogP contribution is 2.14. The fourth-order valence-electron chi connectivity index (χ4n) is 1.20. The summed E-state index contributed by atoms with van der Waals surface area (Å²) in [6.07, 6.45) is 1.56. The van der Waals surface area contributed by atoms with Crippen molar-refractivity contribution in [1.82, 2.24) is 10.2 Å². The number of allylic oxidation sites excluding steroid dienone is 1. The molecule has 0 aromatic heterocycles. The van der Waals surface area contributed by atoms with E-state index in [0.717, 1.165) is 12.2 Å². The monoisotopic (exact) mass is 198 g/mol. The summed E-state index contributed by atoms with van der Waals surface area (Å²) in [5.74, 6) is 0. The van der Waals surface area contributed by atoms with Crippen LogP contribution >= 0.6 is 0 Å². The van der Waals surface area contributed by atoms with E-state index in [9.17, 15) is 4.79 Å². The molecule has 0 atom stereocenters. The number of hydrogen-bond acceptors (Lipinski definition) is 3. The first-order chi connectivity index (χ1) is 6.40. The van der Waals surface area contributed by atoms with Crippen molar-refractivity contribution in [2.75, 3.05) is 13.1 Å². The maximum absolute atomic E-state index is 11.7. The molecule has 0 bridgehead atoms. The quantitative estimate of drug-likeness (QED) is 0.644. The fourth-order valence-corrected chi connectivity index (χ4v) is 1.20. The molecule has 0 saturated carbocycles. The van der Waals surface area contributed by atoms with Crippen molar-refractivity contribution in [1.29, 1.82) is 0 Å². The van der Waals surface area contributed by atoms with Crippen molar-refractivity contribution in [3.05, 3.63) is 11.9 Å². The van der Waals surface area contributed by atoms with Crippen LogP contribution in [0.25, 0.3) is 0 Å². The van der Waals surface area contributed by atoms with E-state index in [1.165, 1.54) is 0 Å². The minimum Gasteiger partial charge on any atom is -0.443 e. The highest BCUT2D eigenvalue weighted by molar-refractivity contribution is 5.70. The lowest BCUT2D eigenvalue weighted by Crippen LogP contribution is -2.41. The Bertz CT molecular complexity index is 253. The lowest BCUT2D eigenvalue weighted by molar-refractivity contribution is 0.0307. The Morgan fingerprint density at radius 3 is 2.71 bits per heavy atom. The van der Waals surface area contributed by atoms with Crippen molar-refractivity contribution >= 4 is 6.09 Å². The van der Waals surface area contributed by atoms with E-state index in [0.29, 0.717) is 6.54 Å².